The van der Waals surface area contributed by atoms with Gasteiger partial charge in [0.15, 0.2) is 5.76 Å². The van der Waals surface area contributed by atoms with Crippen LogP contribution in [0.1, 0.15) is 21.5 Å². The van der Waals surface area contributed by atoms with E-state index >= 15 is 0 Å². The molecule has 0 spiro atoms. The number of fused-ring (bicyclic) bond motifs is 1. The highest BCUT2D eigenvalue weighted by molar-refractivity contribution is 6.14. The highest BCUT2D eigenvalue weighted by atomic mass is 16.6. The van der Waals surface area contributed by atoms with Gasteiger partial charge < -0.3 is 9.47 Å². The van der Waals surface area contributed by atoms with Crippen LogP contribution in [0.25, 0.3) is 6.08 Å². The molecule has 0 bridgehead atoms. The summed E-state index contributed by atoms with van der Waals surface area (Å²) in [6.07, 6.45) is 1.64. The van der Waals surface area contributed by atoms with Gasteiger partial charge in [0.2, 0.25) is 5.78 Å². The van der Waals surface area contributed by atoms with Gasteiger partial charge in [-0.05, 0) is 41.5 Å². The third-order valence-electron chi connectivity index (χ3n) is 4.47. The Morgan fingerprint density at radius 3 is 2.47 bits per heavy atom. The van der Waals surface area contributed by atoms with Crippen LogP contribution in [-0.2, 0) is 11.2 Å². The normalized spacial score (nSPS) is 13.6. The average molecular weight is 401 g/mol. The van der Waals surface area contributed by atoms with Crippen molar-refractivity contribution in [2.45, 2.75) is 6.42 Å². The molecule has 3 aromatic rings. The van der Waals surface area contributed by atoms with Gasteiger partial charge in [0, 0.05) is 18.2 Å². The van der Waals surface area contributed by atoms with Gasteiger partial charge in [-0.15, -0.1) is 0 Å². The Hall–Kier alpha value is -4.26. The van der Waals surface area contributed by atoms with E-state index < -0.39 is 10.9 Å². The maximum atomic E-state index is 12.5. The Balaban J connectivity index is 1.48. The summed E-state index contributed by atoms with van der Waals surface area (Å²) in [6.45, 7) is 0. The zero-order valence-electron chi connectivity index (χ0n) is 15.6. The van der Waals surface area contributed by atoms with Crippen molar-refractivity contribution >= 4 is 23.5 Å². The fraction of sp³-hybridized carbons (Fsp3) is 0.0435. The first kappa shape index (κ1) is 19.1. The Morgan fingerprint density at radius 2 is 1.77 bits per heavy atom. The van der Waals surface area contributed by atoms with E-state index in [0.717, 1.165) is 5.56 Å². The van der Waals surface area contributed by atoms with Gasteiger partial charge >= 0.3 is 5.97 Å². The molecule has 0 unspecified atom stereocenters. The molecule has 4 rings (SSSR count). The molecule has 0 amide bonds. The van der Waals surface area contributed by atoms with Crippen molar-refractivity contribution in [3.8, 4) is 11.5 Å². The number of hydrogen-bond acceptors (Lipinski definition) is 6. The number of ether oxygens (including phenoxy) is 2. The molecule has 1 aliphatic rings. The Labute approximate surface area is 171 Å². The molecule has 3 aromatic carbocycles. The molecule has 30 heavy (non-hydrogen) atoms. The number of esters is 1. The lowest BCUT2D eigenvalue weighted by atomic mass is 10.1. The summed E-state index contributed by atoms with van der Waals surface area (Å²) in [7, 11) is 0. The molecule has 1 heterocycles. The van der Waals surface area contributed by atoms with Crippen molar-refractivity contribution in [3.05, 3.63) is 105 Å². The minimum Gasteiger partial charge on any atom is -0.452 e. The van der Waals surface area contributed by atoms with Crippen LogP contribution < -0.4 is 9.47 Å². The largest absolute Gasteiger partial charge is 0.452 e. The fourth-order valence-electron chi connectivity index (χ4n) is 3.00. The molecule has 0 atom stereocenters. The van der Waals surface area contributed by atoms with Gasteiger partial charge in [0.1, 0.15) is 11.5 Å². The van der Waals surface area contributed by atoms with Crippen molar-refractivity contribution in [2.75, 3.05) is 0 Å². The standard InChI is InChI=1S/C23H15NO6/c25-22(13-15-4-2-1-3-5-15)29-18-10-11-19-20(14-18)30-21(23(19)26)12-16-6-8-17(9-7-16)24(27)28/h1-12,14H,13H2/b21-12-. The molecule has 1 aliphatic heterocycles. The highest BCUT2D eigenvalue weighted by Gasteiger charge is 2.28. The van der Waals surface area contributed by atoms with Crippen LogP contribution in [0, 0.1) is 10.1 Å². The smallest absolute Gasteiger partial charge is 0.315 e. The van der Waals surface area contributed by atoms with E-state index in [2.05, 4.69) is 0 Å². The molecule has 0 radical (unpaired) electrons. The summed E-state index contributed by atoms with van der Waals surface area (Å²) < 4.78 is 11.0. The quantitative estimate of drug-likeness (QED) is 0.207. The molecule has 0 saturated heterocycles. The minimum absolute atomic E-state index is 0.0407. The first-order valence-electron chi connectivity index (χ1n) is 9.07. The van der Waals surface area contributed by atoms with Crippen LogP contribution in [0.3, 0.4) is 0 Å². The van der Waals surface area contributed by atoms with Crippen LogP contribution in [0.4, 0.5) is 5.69 Å². The molecule has 0 saturated carbocycles. The summed E-state index contributed by atoms with van der Waals surface area (Å²) in [5.74, 6) is -0.0820. The second kappa shape index (κ2) is 8.00. The number of carbonyl (C=O) groups is 2. The predicted molar refractivity (Wildman–Crippen MR) is 108 cm³/mol. The summed E-state index contributed by atoms with van der Waals surface area (Å²) in [4.78, 5) is 34.9. The summed E-state index contributed by atoms with van der Waals surface area (Å²) >= 11 is 0. The van der Waals surface area contributed by atoms with Gasteiger partial charge in [0.05, 0.1) is 16.9 Å². The fourth-order valence-corrected chi connectivity index (χ4v) is 3.00. The lowest BCUT2D eigenvalue weighted by molar-refractivity contribution is -0.384. The van der Waals surface area contributed by atoms with E-state index in [1.165, 1.54) is 42.5 Å². The number of Topliss-reactive ketones (excluding diaryl/α,β-unsaturated/α-hetero) is 1. The molecule has 0 fully saturated rings. The van der Waals surface area contributed by atoms with E-state index in [-0.39, 0.29) is 35.1 Å². The van der Waals surface area contributed by atoms with Crippen molar-refractivity contribution in [1.29, 1.82) is 0 Å². The van der Waals surface area contributed by atoms with Gasteiger partial charge in [-0.1, -0.05) is 30.3 Å². The number of benzene rings is 3. The lowest BCUT2D eigenvalue weighted by Crippen LogP contribution is -2.11. The van der Waals surface area contributed by atoms with Crippen LogP contribution in [-0.4, -0.2) is 16.7 Å². The Kier molecular flexibility index (Phi) is 5.09. The maximum absolute atomic E-state index is 12.5. The first-order valence-corrected chi connectivity index (χ1v) is 9.07. The molecular formula is C23H15NO6. The van der Waals surface area contributed by atoms with Gasteiger partial charge in [-0.2, -0.15) is 0 Å². The molecule has 0 N–H and O–H groups in total. The van der Waals surface area contributed by atoms with Crippen LogP contribution in [0.5, 0.6) is 11.5 Å². The SMILES string of the molecule is O=C(Cc1ccccc1)Oc1ccc2c(c1)O/C(=C\c1ccc([N+](=O)[O-])cc1)C2=O. The average Bonchev–Trinajstić information content (AvgIpc) is 3.04. The minimum atomic E-state index is -0.495. The Bertz CT molecular complexity index is 1170. The number of nitro groups is 1. The third kappa shape index (κ3) is 4.10. The van der Waals surface area contributed by atoms with Gasteiger partial charge in [-0.25, -0.2) is 0 Å². The molecule has 148 valence electrons. The second-order valence-corrected chi connectivity index (χ2v) is 6.58. The van der Waals surface area contributed by atoms with Crippen molar-refractivity contribution < 1.29 is 24.0 Å². The monoisotopic (exact) mass is 401 g/mol. The zero-order chi connectivity index (χ0) is 21.1. The first-order chi connectivity index (χ1) is 14.5. The van der Waals surface area contributed by atoms with E-state index in [0.29, 0.717) is 11.1 Å². The Morgan fingerprint density at radius 1 is 1.03 bits per heavy atom. The molecule has 0 aromatic heterocycles. The maximum Gasteiger partial charge on any atom is 0.315 e. The second-order valence-electron chi connectivity index (χ2n) is 6.58. The van der Waals surface area contributed by atoms with Crippen LogP contribution in [0.15, 0.2) is 78.6 Å². The number of non-ortho nitro benzene ring substituents is 1. The predicted octanol–water partition coefficient (Wildman–Crippen LogP) is 4.36. The molecular weight excluding hydrogens is 386 g/mol. The highest BCUT2D eigenvalue weighted by Crippen LogP contribution is 2.35. The number of nitro benzene ring substituents is 1. The zero-order valence-corrected chi connectivity index (χ0v) is 15.6. The van der Waals surface area contributed by atoms with E-state index in [1.54, 1.807) is 6.07 Å². The van der Waals surface area contributed by atoms with Gasteiger partial charge in [0.25, 0.3) is 5.69 Å². The van der Waals surface area contributed by atoms with Crippen LogP contribution in [0.2, 0.25) is 0 Å². The van der Waals surface area contributed by atoms with Crippen LogP contribution >= 0.6 is 0 Å². The van der Waals surface area contributed by atoms with Gasteiger partial charge in [-0.3, -0.25) is 19.7 Å². The number of nitrogens with zero attached hydrogens (tertiary/aromatic N) is 1. The third-order valence-corrected chi connectivity index (χ3v) is 4.47. The number of rotatable bonds is 5. The topological polar surface area (TPSA) is 95.7 Å². The number of ketones is 1. The van der Waals surface area contributed by atoms with E-state index in [1.807, 2.05) is 30.3 Å². The molecule has 7 heteroatoms. The molecule has 7 nitrogen and oxygen atoms in total. The molecule has 0 aliphatic carbocycles. The van der Waals surface area contributed by atoms with Crippen molar-refractivity contribution in [2.24, 2.45) is 0 Å². The van der Waals surface area contributed by atoms with E-state index in [9.17, 15) is 19.7 Å². The summed E-state index contributed by atoms with van der Waals surface area (Å²) in [5, 5.41) is 10.7. The van der Waals surface area contributed by atoms with Crippen molar-refractivity contribution in [1.82, 2.24) is 0 Å². The number of hydrogen-bond donors (Lipinski definition) is 0. The lowest BCUT2D eigenvalue weighted by Gasteiger charge is -2.05. The summed E-state index contributed by atoms with van der Waals surface area (Å²) in [6, 6.07) is 19.6. The van der Waals surface area contributed by atoms with Crippen molar-refractivity contribution in [3.63, 3.8) is 0 Å². The number of allylic oxidation sites excluding steroid dienone is 1. The van der Waals surface area contributed by atoms with E-state index in [4.69, 9.17) is 9.47 Å². The number of carbonyl (C=O) groups excluding carboxylic acids is 2. The summed E-state index contributed by atoms with van der Waals surface area (Å²) in [5.41, 5.74) is 1.74.